The van der Waals surface area contributed by atoms with Gasteiger partial charge in [-0.2, -0.15) is 5.10 Å². The zero-order chi connectivity index (χ0) is 23.6. The van der Waals surface area contributed by atoms with E-state index < -0.39 is 23.4 Å². The summed E-state index contributed by atoms with van der Waals surface area (Å²) in [7, 11) is 0. The molecule has 4 aromatic rings. The Hall–Kier alpha value is -4.09. The van der Waals surface area contributed by atoms with Gasteiger partial charge < -0.3 is 15.6 Å². The summed E-state index contributed by atoms with van der Waals surface area (Å²) in [6.07, 6.45) is 5.18. The number of carbonyl (C=O) groups excluding carboxylic acids is 1. The second kappa shape index (κ2) is 7.20. The molecule has 0 bridgehead atoms. The molecule has 2 aliphatic carbocycles. The molecule has 0 unspecified atom stereocenters. The van der Waals surface area contributed by atoms with E-state index in [0.717, 1.165) is 43.5 Å². The van der Waals surface area contributed by atoms with Crippen LogP contribution >= 0.6 is 0 Å². The predicted molar refractivity (Wildman–Crippen MR) is 119 cm³/mol. The first-order valence-electron chi connectivity index (χ1n) is 10.9. The molecule has 174 valence electrons. The quantitative estimate of drug-likeness (QED) is 0.397. The molecular formula is C22H20F2N8O2. The summed E-state index contributed by atoms with van der Waals surface area (Å²) in [6, 6.07) is 3.09. The Kier molecular flexibility index (Phi) is 4.35. The molecule has 0 radical (unpaired) electrons. The van der Waals surface area contributed by atoms with Gasteiger partial charge in [0, 0.05) is 17.0 Å². The molecule has 12 heteroatoms. The molecule has 3 heterocycles. The molecule has 2 fully saturated rings. The maximum absolute atomic E-state index is 14.9. The van der Waals surface area contributed by atoms with Gasteiger partial charge in [0.15, 0.2) is 5.65 Å². The summed E-state index contributed by atoms with van der Waals surface area (Å²) >= 11 is 0. The van der Waals surface area contributed by atoms with E-state index in [2.05, 4.69) is 30.9 Å². The van der Waals surface area contributed by atoms with Crippen molar-refractivity contribution in [3.8, 4) is 11.3 Å². The van der Waals surface area contributed by atoms with E-state index in [0.29, 0.717) is 11.0 Å². The largest absolute Gasteiger partial charge is 0.383 e. The summed E-state index contributed by atoms with van der Waals surface area (Å²) in [5.74, 6) is -1.69. The Morgan fingerprint density at radius 1 is 1.18 bits per heavy atom. The maximum Gasteiger partial charge on any atom is 0.326 e. The van der Waals surface area contributed by atoms with Gasteiger partial charge in [0.2, 0.25) is 5.88 Å². The molecule has 0 spiro atoms. The van der Waals surface area contributed by atoms with Crippen LogP contribution in [0.25, 0.3) is 22.3 Å². The van der Waals surface area contributed by atoms with Gasteiger partial charge in [0.25, 0.3) is 0 Å². The number of urea groups is 1. The molecule has 10 nitrogen and oxygen atoms in total. The van der Waals surface area contributed by atoms with Crippen molar-refractivity contribution < 1.29 is 18.1 Å². The average molecular weight is 466 g/mol. The number of anilines is 3. The number of aromatic nitrogens is 5. The number of hydrogen-bond donors (Lipinski definition) is 3. The third-order valence-corrected chi connectivity index (χ3v) is 6.33. The molecule has 0 aliphatic heterocycles. The lowest BCUT2D eigenvalue weighted by Gasteiger charge is -2.09. The summed E-state index contributed by atoms with van der Waals surface area (Å²) in [6.45, 7) is 2.04. The van der Waals surface area contributed by atoms with Crippen LogP contribution in [0, 0.1) is 11.6 Å². The Balaban J connectivity index is 1.28. The minimum absolute atomic E-state index is 0.0426. The lowest BCUT2D eigenvalue weighted by atomic mass is 10.1. The van der Waals surface area contributed by atoms with E-state index in [9.17, 15) is 13.6 Å². The minimum atomic E-state index is -0.974. The normalized spacial score (nSPS) is 16.6. The van der Waals surface area contributed by atoms with Gasteiger partial charge in [0.05, 0.1) is 17.1 Å². The second-order valence-electron chi connectivity index (χ2n) is 9.01. The fourth-order valence-electron chi connectivity index (χ4n) is 3.92. The SMILES string of the molecule is CC1(c2cc(NC(=O)Nc3c(F)cc(-c4nn(C5CC5)c5ncnc(N)c45)cc3F)on2)CC1. The van der Waals surface area contributed by atoms with Crippen LogP contribution in [0.4, 0.5) is 31.0 Å². The van der Waals surface area contributed by atoms with E-state index in [1.807, 2.05) is 6.92 Å². The molecule has 3 aromatic heterocycles. The standard InChI is InChI=1S/C22H20F2N8O2/c1-22(4-5-22)14-8-15(34-31-14)28-21(33)29-18-12(23)6-10(7-13(18)24)17-16-19(25)26-9-27-20(16)32(30-17)11-2-3-11/h6-9,11H,2-5H2,1H3,(H2,25,26,27)(H2,28,29,33). The highest BCUT2D eigenvalue weighted by Crippen LogP contribution is 2.47. The number of rotatable bonds is 5. The predicted octanol–water partition coefficient (Wildman–Crippen LogP) is 4.37. The summed E-state index contributed by atoms with van der Waals surface area (Å²) < 4.78 is 36.7. The van der Waals surface area contributed by atoms with Crippen molar-refractivity contribution in [2.45, 2.75) is 44.1 Å². The molecule has 34 heavy (non-hydrogen) atoms. The fourth-order valence-corrected chi connectivity index (χ4v) is 3.92. The van der Waals surface area contributed by atoms with Gasteiger partial charge in [-0.15, -0.1) is 0 Å². The van der Waals surface area contributed by atoms with Crippen LogP contribution in [0.5, 0.6) is 0 Å². The number of halogens is 2. The lowest BCUT2D eigenvalue weighted by Crippen LogP contribution is -2.20. The minimum Gasteiger partial charge on any atom is -0.383 e. The van der Waals surface area contributed by atoms with Crippen LogP contribution in [0.15, 0.2) is 29.0 Å². The number of nitrogen functional groups attached to an aromatic ring is 1. The number of nitrogens with zero attached hydrogens (tertiary/aromatic N) is 5. The van der Waals surface area contributed by atoms with Crippen LogP contribution in [-0.4, -0.2) is 30.9 Å². The summed E-state index contributed by atoms with van der Waals surface area (Å²) in [4.78, 5) is 20.6. The highest BCUT2D eigenvalue weighted by Gasteiger charge is 2.42. The topological polar surface area (TPSA) is 137 Å². The van der Waals surface area contributed by atoms with Gasteiger partial charge in [-0.3, -0.25) is 5.32 Å². The van der Waals surface area contributed by atoms with Crippen molar-refractivity contribution in [1.82, 2.24) is 24.9 Å². The van der Waals surface area contributed by atoms with E-state index in [4.69, 9.17) is 10.3 Å². The van der Waals surface area contributed by atoms with Gasteiger partial charge in [0.1, 0.15) is 35.2 Å². The zero-order valence-corrected chi connectivity index (χ0v) is 18.1. The van der Waals surface area contributed by atoms with E-state index in [1.54, 1.807) is 10.7 Å². The summed E-state index contributed by atoms with van der Waals surface area (Å²) in [5, 5.41) is 13.5. The Bertz CT molecular complexity index is 1430. The number of amides is 2. The van der Waals surface area contributed by atoms with Crippen molar-refractivity contribution in [2.75, 3.05) is 16.4 Å². The van der Waals surface area contributed by atoms with E-state index in [1.165, 1.54) is 6.33 Å². The number of fused-ring (bicyclic) bond motifs is 1. The van der Waals surface area contributed by atoms with Crippen LogP contribution in [0.3, 0.4) is 0 Å². The maximum atomic E-state index is 14.9. The number of nitrogens with one attached hydrogen (secondary N) is 2. The summed E-state index contributed by atoms with van der Waals surface area (Å²) in [5.41, 5.74) is 7.06. The van der Waals surface area contributed by atoms with E-state index in [-0.39, 0.29) is 34.4 Å². The van der Waals surface area contributed by atoms with Crippen molar-refractivity contribution in [3.05, 3.63) is 41.9 Å². The first-order valence-corrected chi connectivity index (χ1v) is 10.9. The number of benzene rings is 1. The number of carbonyl (C=O) groups is 1. The van der Waals surface area contributed by atoms with Crippen molar-refractivity contribution in [3.63, 3.8) is 0 Å². The Morgan fingerprint density at radius 2 is 1.91 bits per heavy atom. The molecule has 2 saturated carbocycles. The van der Waals surface area contributed by atoms with Crippen LogP contribution < -0.4 is 16.4 Å². The van der Waals surface area contributed by atoms with Gasteiger partial charge in [-0.05, 0) is 37.8 Å². The monoisotopic (exact) mass is 466 g/mol. The highest BCUT2D eigenvalue weighted by molar-refractivity contribution is 6.00. The molecule has 2 aliphatic rings. The molecule has 0 atom stereocenters. The third kappa shape index (κ3) is 3.42. The molecule has 0 saturated heterocycles. The molecule has 6 rings (SSSR count). The smallest absolute Gasteiger partial charge is 0.326 e. The number of nitrogens with two attached hydrogens (primary N) is 1. The molecule has 2 amide bonds. The van der Waals surface area contributed by atoms with E-state index >= 15 is 0 Å². The Labute approximate surface area is 191 Å². The Morgan fingerprint density at radius 3 is 2.59 bits per heavy atom. The highest BCUT2D eigenvalue weighted by atomic mass is 19.1. The number of hydrogen-bond acceptors (Lipinski definition) is 7. The van der Waals surface area contributed by atoms with Crippen LogP contribution in [0.2, 0.25) is 0 Å². The first kappa shape index (κ1) is 20.5. The molecular weight excluding hydrogens is 446 g/mol. The van der Waals surface area contributed by atoms with Crippen molar-refractivity contribution in [1.29, 1.82) is 0 Å². The van der Waals surface area contributed by atoms with Gasteiger partial charge in [-0.25, -0.2) is 28.2 Å². The average Bonchev–Trinajstić information content (AvgIpc) is 3.69. The second-order valence-corrected chi connectivity index (χ2v) is 9.01. The van der Waals surface area contributed by atoms with Crippen molar-refractivity contribution in [2.24, 2.45) is 0 Å². The molecule has 4 N–H and O–H groups in total. The van der Waals surface area contributed by atoms with Gasteiger partial charge >= 0.3 is 6.03 Å². The first-order chi connectivity index (χ1) is 16.3. The lowest BCUT2D eigenvalue weighted by molar-refractivity contribution is 0.261. The zero-order valence-electron chi connectivity index (χ0n) is 18.1. The fraction of sp³-hybridized carbons (Fsp3) is 0.318. The van der Waals surface area contributed by atoms with Crippen LogP contribution in [-0.2, 0) is 5.41 Å². The molecule has 1 aromatic carbocycles. The van der Waals surface area contributed by atoms with Gasteiger partial charge in [-0.1, -0.05) is 12.1 Å². The third-order valence-electron chi connectivity index (χ3n) is 6.33. The van der Waals surface area contributed by atoms with Crippen LogP contribution in [0.1, 0.15) is 44.3 Å². The van der Waals surface area contributed by atoms with Crippen molar-refractivity contribution >= 4 is 34.5 Å².